The van der Waals surface area contributed by atoms with Crippen molar-refractivity contribution in [1.29, 1.82) is 0 Å². The summed E-state index contributed by atoms with van der Waals surface area (Å²) in [6.45, 7) is 7.41. The smallest absolute Gasteiger partial charge is 0.0471 e. The van der Waals surface area contributed by atoms with Crippen LogP contribution >= 0.6 is 31.9 Å². The van der Waals surface area contributed by atoms with Crippen molar-refractivity contribution in [3.8, 4) is 0 Å². The predicted molar refractivity (Wildman–Crippen MR) is 86.4 cm³/mol. The van der Waals surface area contributed by atoms with Gasteiger partial charge in [0, 0.05) is 34.7 Å². The Morgan fingerprint density at radius 1 is 1.32 bits per heavy atom. The molecule has 0 saturated carbocycles. The van der Waals surface area contributed by atoms with Gasteiger partial charge in [0.1, 0.15) is 0 Å². The van der Waals surface area contributed by atoms with Gasteiger partial charge in [-0.15, -0.1) is 0 Å². The first-order valence-electron chi connectivity index (χ1n) is 6.76. The summed E-state index contributed by atoms with van der Waals surface area (Å²) in [5.74, 6) is 0. The van der Waals surface area contributed by atoms with Gasteiger partial charge in [0.25, 0.3) is 0 Å². The maximum atomic E-state index is 5.45. The fourth-order valence-electron chi connectivity index (χ4n) is 2.40. The van der Waals surface area contributed by atoms with E-state index in [2.05, 4.69) is 69.2 Å². The maximum Gasteiger partial charge on any atom is 0.0471 e. The van der Waals surface area contributed by atoms with Crippen LogP contribution in [0.25, 0.3) is 0 Å². The number of hydrogen-bond acceptors (Lipinski definition) is 2. The van der Waals surface area contributed by atoms with E-state index in [1.807, 2.05) is 0 Å². The Morgan fingerprint density at radius 2 is 2.00 bits per heavy atom. The van der Waals surface area contributed by atoms with Gasteiger partial charge in [-0.2, -0.15) is 0 Å². The van der Waals surface area contributed by atoms with Gasteiger partial charge in [0.15, 0.2) is 0 Å². The molecule has 1 heterocycles. The van der Waals surface area contributed by atoms with Gasteiger partial charge < -0.3 is 10.1 Å². The highest BCUT2D eigenvalue weighted by molar-refractivity contribution is 9.11. The average molecular weight is 391 g/mol. The van der Waals surface area contributed by atoms with E-state index in [1.54, 1.807) is 0 Å². The third-order valence-corrected chi connectivity index (χ3v) is 5.14. The van der Waals surface area contributed by atoms with Crippen LogP contribution in [-0.4, -0.2) is 19.8 Å². The maximum absolute atomic E-state index is 5.45. The minimum Gasteiger partial charge on any atom is -0.381 e. The minimum atomic E-state index is 0.349. The standard InChI is InChI=1S/C15H21Br2NO/c1-11(13-4-3-12(16)9-14(13)17)18-10-15(2)5-7-19-8-6-15/h3-4,9,11,18H,5-8,10H2,1-2H3. The van der Waals surface area contributed by atoms with Crippen LogP contribution in [0.4, 0.5) is 0 Å². The van der Waals surface area contributed by atoms with Gasteiger partial charge in [0.2, 0.25) is 0 Å². The molecule has 1 aromatic carbocycles. The van der Waals surface area contributed by atoms with Crippen LogP contribution in [0.1, 0.15) is 38.3 Å². The second-order valence-electron chi connectivity index (χ2n) is 5.69. The van der Waals surface area contributed by atoms with Crippen molar-refractivity contribution in [3.63, 3.8) is 0 Å². The summed E-state index contributed by atoms with van der Waals surface area (Å²) >= 11 is 7.13. The fraction of sp³-hybridized carbons (Fsp3) is 0.600. The van der Waals surface area contributed by atoms with Gasteiger partial charge in [-0.25, -0.2) is 0 Å². The highest BCUT2D eigenvalue weighted by atomic mass is 79.9. The van der Waals surface area contributed by atoms with E-state index in [9.17, 15) is 0 Å². The Bertz CT molecular complexity index is 430. The zero-order valence-electron chi connectivity index (χ0n) is 11.5. The first-order valence-corrected chi connectivity index (χ1v) is 8.35. The molecule has 1 aliphatic rings. The number of rotatable bonds is 4. The average Bonchev–Trinajstić information content (AvgIpc) is 2.37. The second kappa shape index (κ2) is 6.70. The molecule has 1 aromatic rings. The Morgan fingerprint density at radius 3 is 2.63 bits per heavy atom. The lowest BCUT2D eigenvalue weighted by Gasteiger charge is -2.35. The Labute approximate surface area is 132 Å². The van der Waals surface area contributed by atoms with E-state index >= 15 is 0 Å². The first-order chi connectivity index (χ1) is 9.00. The topological polar surface area (TPSA) is 21.3 Å². The third-order valence-electron chi connectivity index (χ3n) is 3.96. The summed E-state index contributed by atoms with van der Waals surface area (Å²) < 4.78 is 7.70. The summed E-state index contributed by atoms with van der Waals surface area (Å²) in [6.07, 6.45) is 2.29. The van der Waals surface area contributed by atoms with E-state index in [0.717, 1.165) is 41.5 Å². The second-order valence-corrected chi connectivity index (χ2v) is 7.46. The fourth-order valence-corrected chi connectivity index (χ4v) is 3.79. The van der Waals surface area contributed by atoms with Crippen LogP contribution < -0.4 is 5.32 Å². The SMILES string of the molecule is CC(NCC1(C)CCOCC1)c1ccc(Br)cc1Br. The quantitative estimate of drug-likeness (QED) is 0.805. The summed E-state index contributed by atoms with van der Waals surface area (Å²) in [4.78, 5) is 0. The van der Waals surface area contributed by atoms with E-state index in [4.69, 9.17) is 4.74 Å². The molecule has 0 aromatic heterocycles. The summed E-state index contributed by atoms with van der Waals surface area (Å²) in [5.41, 5.74) is 1.67. The third kappa shape index (κ3) is 4.28. The van der Waals surface area contributed by atoms with E-state index in [0.29, 0.717) is 11.5 Å². The van der Waals surface area contributed by atoms with Crippen molar-refractivity contribution >= 4 is 31.9 Å². The molecule has 0 amide bonds. The van der Waals surface area contributed by atoms with Crippen LogP contribution in [0.15, 0.2) is 27.1 Å². The number of benzene rings is 1. The van der Waals surface area contributed by atoms with Crippen molar-refractivity contribution in [2.45, 2.75) is 32.7 Å². The van der Waals surface area contributed by atoms with Crippen LogP contribution in [0.2, 0.25) is 0 Å². The highest BCUT2D eigenvalue weighted by Gasteiger charge is 2.27. The van der Waals surface area contributed by atoms with Crippen LogP contribution in [0, 0.1) is 5.41 Å². The molecule has 4 heteroatoms. The zero-order chi connectivity index (χ0) is 13.9. The van der Waals surface area contributed by atoms with E-state index < -0.39 is 0 Å². The van der Waals surface area contributed by atoms with Crippen molar-refractivity contribution in [1.82, 2.24) is 5.32 Å². The molecule has 1 fully saturated rings. The summed E-state index contributed by atoms with van der Waals surface area (Å²) in [5, 5.41) is 3.67. The molecular weight excluding hydrogens is 370 g/mol. The number of ether oxygens (including phenoxy) is 1. The zero-order valence-corrected chi connectivity index (χ0v) is 14.7. The highest BCUT2D eigenvalue weighted by Crippen LogP contribution is 2.31. The van der Waals surface area contributed by atoms with Crippen molar-refractivity contribution in [3.05, 3.63) is 32.7 Å². The monoisotopic (exact) mass is 389 g/mol. The summed E-state index contributed by atoms with van der Waals surface area (Å²) in [6, 6.07) is 6.71. The lowest BCUT2D eigenvalue weighted by molar-refractivity contribution is 0.0231. The molecule has 1 N–H and O–H groups in total. The molecule has 106 valence electrons. The van der Waals surface area contributed by atoms with Gasteiger partial charge >= 0.3 is 0 Å². The predicted octanol–water partition coefficient (Wildman–Crippen LogP) is 4.68. The van der Waals surface area contributed by atoms with E-state index in [-0.39, 0.29) is 0 Å². The van der Waals surface area contributed by atoms with Gasteiger partial charge in [0.05, 0.1) is 0 Å². The van der Waals surface area contributed by atoms with E-state index in [1.165, 1.54) is 5.56 Å². The van der Waals surface area contributed by atoms with Crippen LogP contribution in [-0.2, 0) is 4.74 Å². The summed E-state index contributed by atoms with van der Waals surface area (Å²) in [7, 11) is 0. The first kappa shape index (κ1) is 15.5. The molecule has 1 saturated heterocycles. The lowest BCUT2D eigenvalue weighted by Crippen LogP contribution is -2.37. The molecule has 1 atom stereocenters. The molecule has 0 bridgehead atoms. The number of hydrogen-bond donors (Lipinski definition) is 1. The number of nitrogens with one attached hydrogen (secondary N) is 1. The normalized spacial score (nSPS) is 20.2. The van der Waals surface area contributed by atoms with Gasteiger partial charge in [-0.1, -0.05) is 44.8 Å². The Kier molecular flexibility index (Phi) is 5.46. The van der Waals surface area contributed by atoms with Crippen LogP contribution in [0.5, 0.6) is 0 Å². The van der Waals surface area contributed by atoms with Crippen LogP contribution in [0.3, 0.4) is 0 Å². The van der Waals surface area contributed by atoms with Crippen molar-refractivity contribution < 1.29 is 4.74 Å². The van der Waals surface area contributed by atoms with Crippen molar-refractivity contribution in [2.24, 2.45) is 5.41 Å². The largest absolute Gasteiger partial charge is 0.381 e. The van der Waals surface area contributed by atoms with Gasteiger partial charge in [-0.05, 0) is 42.9 Å². The molecule has 2 nitrogen and oxygen atoms in total. The minimum absolute atomic E-state index is 0.349. The lowest BCUT2D eigenvalue weighted by atomic mass is 9.82. The molecular formula is C15H21Br2NO. The van der Waals surface area contributed by atoms with Crippen molar-refractivity contribution in [2.75, 3.05) is 19.8 Å². The molecule has 0 radical (unpaired) electrons. The Balaban J connectivity index is 1.95. The number of halogens is 2. The molecule has 0 spiro atoms. The molecule has 0 aliphatic carbocycles. The molecule has 2 rings (SSSR count). The molecule has 1 unspecified atom stereocenters. The Hall–Kier alpha value is 0.1000. The molecule has 19 heavy (non-hydrogen) atoms. The molecule has 1 aliphatic heterocycles. The van der Waals surface area contributed by atoms with Gasteiger partial charge in [-0.3, -0.25) is 0 Å².